The number of hydrogen-bond acceptors (Lipinski definition) is 1. The van der Waals surface area contributed by atoms with Crippen molar-refractivity contribution in [2.45, 2.75) is 18.3 Å². The monoisotopic (exact) mass is 286 g/mol. The predicted octanol–water partition coefficient (Wildman–Crippen LogP) is 5.06. The van der Waals surface area contributed by atoms with Gasteiger partial charge in [-0.25, -0.2) is 0 Å². The molecule has 0 fully saturated rings. The fourth-order valence-corrected chi connectivity index (χ4v) is 3.66. The van der Waals surface area contributed by atoms with Crippen LogP contribution in [0.3, 0.4) is 0 Å². The van der Waals surface area contributed by atoms with Crippen molar-refractivity contribution >= 4 is 0 Å². The summed E-state index contributed by atoms with van der Waals surface area (Å²) in [6.45, 7) is 0. The minimum Gasteiger partial charge on any atom is -0.508 e. The van der Waals surface area contributed by atoms with Crippen LogP contribution >= 0.6 is 0 Å². The van der Waals surface area contributed by atoms with Crippen LogP contribution in [0.5, 0.6) is 5.75 Å². The highest BCUT2D eigenvalue weighted by Gasteiger charge is 2.32. The van der Waals surface area contributed by atoms with Gasteiger partial charge in [0.1, 0.15) is 5.75 Å². The highest BCUT2D eigenvalue weighted by atomic mass is 16.3. The molecule has 0 bridgehead atoms. The van der Waals surface area contributed by atoms with E-state index in [1.165, 1.54) is 22.3 Å². The summed E-state index contributed by atoms with van der Waals surface area (Å²) in [5.41, 5.74) is 5.52. The van der Waals surface area contributed by atoms with Gasteiger partial charge in [0.15, 0.2) is 0 Å². The van der Waals surface area contributed by atoms with Crippen LogP contribution in [0.2, 0.25) is 0 Å². The first-order valence-electron chi connectivity index (χ1n) is 7.75. The molecule has 1 nitrogen and oxygen atoms in total. The van der Waals surface area contributed by atoms with E-state index in [1.807, 2.05) is 12.1 Å². The molecule has 0 radical (unpaired) electrons. The lowest BCUT2D eigenvalue weighted by Gasteiger charge is -2.13. The van der Waals surface area contributed by atoms with Crippen LogP contribution in [0.4, 0.5) is 0 Å². The van der Waals surface area contributed by atoms with Gasteiger partial charge in [0.05, 0.1) is 0 Å². The standard InChI is InChI=1S/C21H18O/c22-17-12-10-16(11-13-17)21-14-20(15-6-2-1-3-7-15)18-8-4-5-9-19(18)21/h1-13,20-22H,14H2. The van der Waals surface area contributed by atoms with Gasteiger partial charge >= 0.3 is 0 Å². The van der Waals surface area contributed by atoms with E-state index in [0.29, 0.717) is 17.6 Å². The normalized spacial score (nSPS) is 19.8. The second-order valence-electron chi connectivity index (χ2n) is 5.97. The first-order chi connectivity index (χ1) is 10.8. The van der Waals surface area contributed by atoms with Crippen LogP contribution in [0, 0.1) is 0 Å². The molecule has 1 N–H and O–H groups in total. The van der Waals surface area contributed by atoms with E-state index in [0.717, 1.165) is 6.42 Å². The van der Waals surface area contributed by atoms with Crippen molar-refractivity contribution < 1.29 is 5.11 Å². The molecule has 1 aliphatic rings. The van der Waals surface area contributed by atoms with Crippen molar-refractivity contribution in [2.24, 2.45) is 0 Å². The number of phenolic OH excluding ortho intramolecular Hbond substituents is 1. The molecule has 4 rings (SSSR count). The molecule has 2 unspecified atom stereocenters. The summed E-state index contributed by atoms with van der Waals surface area (Å²) in [6.07, 6.45) is 1.09. The van der Waals surface area contributed by atoms with Gasteiger partial charge in [-0.1, -0.05) is 66.7 Å². The lowest BCUT2D eigenvalue weighted by molar-refractivity contribution is 0.475. The Morgan fingerprint density at radius 1 is 0.591 bits per heavy atom. The zero-order valence-corrected chi connectivity index (χ0v) is 12.3. The third kappa shape index (κ3) is 2.19. The molecular weight excluding hydrogens is 268 g/mol. The highest BCUT2D eigenvalue weighted by Crippen LogP contribution is 2.48. The third-order valence-corrected chi connectivity index (χ3v) is 4.72. The van der Waals surface area contributed by atoms with Gasteiger partial charge in [0.2, 0.25) is 0 Å². The largest absolute Gasteiger partial charge is 0.508 e. The molecule has 0 saturated carbocycles. The van der Waals surface area contributed by atoms with Gasteiger partial charge in [0.25, 0.3) is 0 Å². The molecule has 3 aromatic rings. The zero-order chi connectivity index (χ0) is 14.9. The predicted molar refractivity (Wildman–Crippen MR) is 89.3 cm³/mol. The molecule has 1 heteroatoms. The molecule has 1 aliphatic carbocycles. The van der Waals surface area contributed by atoms with E-state index in [1.54, 1.807) is 12.1 Å². The summed E-state index contributed by atoms with van der Waals surface area (Å²) in [5.74, 6) is 1.19. The molecule has 2 atom stereocenters. The quantitative estimate of drug-likeness (QED) is 0.698. The Morgan fingerprint density at radius 2 is 1.09 bits per heavy atom. The highest BCUT2D eigenvalue weighted by molar-refractivity contribution is 5.49. The van der Waals surface area contributed by atoms with Crippen LogP contribution in [-0.4, -0.2) is 5.11 Å². The summed E-state index contributed by atoms with van der Waals surface area (Å²) < 4.78 is 0. The van der Waals surface area contributed by atoms with E-state index in [9.17, 15) is 5.11 Å². The Bertz CT molecular complexity index is 775. The Hall–Kier alpha value is -2.54. The molecule has 0 spiro atoms. The topological polar surface area (TPSA) is 20.2 Å². The number of benzene rings is 3. The summed E-state index contributed by atoms with van der Waals surface area (Å²) in [6, 6.07) is 27.2. The van der Waals surface area contributed by atoms with E-state index in [4.69, 9.17) is 0 Å². The average Bonchev–Trinajstić information content (AvgIpc) is 2.96. The van der Waals surface area contributed by atoms with Crippen molar-refractivity contribution in [1.29, 1.82) is 0 Å². The Kier molecular flexibility index (Phi) is 3.19. The van der Waals surface area contributed by atoms with Crippen molar-refractivity contribution in [3.8, 4) is 5.75 Å². The molecule has 3 aromatic carbocycles. The Labute approximate surface area is 130 Å². The minimum atomic E-state index is 0.328. The van der Waals surface area contributed by atoms with Crippen molar-refractivity contribution in [1.82, 2.24) is 0 Å². The smallest absolute Gasteiger partial charge is 0.115 e. The van der Waals surface area contributed by atoms with Gasteiger partial charge in [-0.3, -0.25) is 0 Å². The van der Waals surface area contributed by atoms with Crippen molar-refractivity contribution in [3.05, 3.63) is 101 Å². The van der Waals surface area contributed by atoms with Gasteiger partial charge in [-0.15, -0.1) is 0 Å². The van der Waals surface area contributed by atoms with Crippen LogP contribution in [0.15, 0.2) is 78.9 Å². The Morgan fingerprint density at radius 3 is 1.68 bits per heavy atom. The van der Waals surface area contributed by atoms with E-state index < -0.39 is 0 Å². The summed E-state index contributed by atoms with van der Waals surface area (Å²) in [7, 11) is 0. The van der Waals surface area contributed by atoms with Crippen LogP contribution in [0.1, 0.15) is 40.5 Å². The van der Waals surface area contributed by atoms with Crippen LogP contribution < -0.4 is 0 Å². The third-order valence-electron chi connectivity index (χ3n) is 4.72. The maximum absolute atomic E-state index is 9.52. The summed E-state index contributed by atoms with van der Waals surface area (Å²) in [4.78, 5) is 0. The van der Waals surface area contributed by atoms with E-state index >= 15 is 0 Å². The molecule has 0 heterocycles. The van der Waals surface area contributed by atoms with Crippen molar-refractivity contribution in [3.63, 3.8) is 0 Å². The molecule has 0 saturated heterocycles. The first-order valence-corrected chi connectivity index (χ1v) is 7.75. The zero-order valence-electron chi connectivity index (χ0n) is 12.3. The second kappa shape index (κ2) is 5.34. The number of aromatic hydroxyl groups is 1. The number of rotatable bonds is 2. The minimum absolute atomic E-state index is 0.328. The fraction of sp³-hybridized carbons (Fsp3) is 0.143. The lowest BCUT2D eigenvalue weighted by Crippen LogP contribution is -1.97. The van der Waals surface area contributed by atoms with E-state index in [-0.39, 0.29) is 0 Å². The summed E-state index contributed by atoms with van der Waals surface area (Å²) >= 11 is 0. The second-order valence-corrected chi connectivity index (χ2v) is 5.97. The fourth-order valence-electron chi connectivity index (χ4n) is 3.66. The maximum Gasteiger partial charge on any atom is 0.115 e. The molecular formula is C21H18O. The molecule has 0 aromatic heterocycles. The average molecular weight is 286 g/mol. The van der Waals surface area contributed by atoms with Gasteiger partial charge in [-0.2, -0.15) is 0 Å². The van der Waals surface area contributed by atoms with Crippen LogP contribution in [-0.2, 0) is 0 Å². The molecule has 0 amide bonds. The first kappa shape index (κ1) is 13.1. The van der Waals surface area contributed by atoms with Gasteiger partial charge in [0, 0.05) is 11.8 Å². The SMILES string of the molecule is Oc1ccc(C2CC(c3ccccc3)c3ccccc32)cc1. The number of fused-ring (bicyclic) bond motifs is 1. The Balaban J connectivity index is 1.79. The van der Waals surface area contributed by atoms with Crippen LogP contribution in [0.25, 0.3) is 0 Å². The summed E-state index contributed by atoms with van der Waals surface area (Å²) in [5, 5.41) is 9.52. The van der Waals surface area contributed by atoms with Gasteiger partial charge in [-0.05, 0) is 40.8 Å². The lowest BCUT2D eigenvalue weighted by atomic mass is 9.90. The van der Waals surface area contributed by atoms with Gasteiger partial charge < -0.3 is 5.11 Å². The number of hydrogen-bond donors (Lipinski definition) is 1. The molecule has 108 valence electrons. The van der Waals surface area contributed by atoms with E-state index in [2.05, 4.69) is 54.6 Å². The molecule has 0 aliphatic heterocycles. The van der Waals surface area contributed by atoms with Crippen molar-refractivity contribution in [2.75, 3.05) is 0 Å². The molecule has 22 heavy (non-hydrogen) atoms. The maximum atomic E-state index is 9.52. The number of phenols is 1.